The van der Waals surface area contributed by atoms with E-state index in [9.17, 15) is 14.4 Å². The topological polar surface area (TPSA) is 75.7 Å². The van der Waals surface area contributed by atoms with E-state index in [1.54, 1.807) is 46.0 Å². The molecule has 0 spiro atoms. The summed E-state index contributed by atoms with van der Waals surface area (Å²) < 4.78 is 5.38. The molecule has 1 atom stereocenters. The largest absolute Gasteiger partial charge is 0.444 e. The Morgan fingerprint density at radius 1 is 1.07 bits per heavy atom. The van der Waals surface area contributed by atoms with Crippen molar-refractivity contribution < 1.29 is 19.1 Å². The first kappa shape index (κ1) is 20.9. The number of anilines is 1. The van der Waals surface area contributed by atoms with Gasteiger partial charge < -0.3 is 15.0 Å². The highest BCUT2D eigenvalue weighted by atomic mass is 32.2. The van der Waals surface area contributed by atoms with E-state index in [1.807, 2.05) is 36.4 Å². The summed E-state index contributed by atoms with van der Waals surface area (Å²) in [7, 11) is 1.63. The standard InChI is InChI=1S/C22H24N2O4S/c1-21(2,3)28-20(27)23-22(14-18(25)29-15-10-6-5-7-11-15)16-12-8-9-13-17(16)24(4)19(22)26/h5-13H,14H2,1-4H3,(H,23,27)/t22-/m1/s1. The highest BCUT2D eigenvalue weighted by Crippen LogP contribution is 2.43. The molecule has 1 N–H and O–H groups in total. The molecule has 1 heterocycles. The zero-order chi connectivity index (χ0) is 21.2. The lowest BCUT2D eigenvalue weighted by Crippen LogP contribution is -2.54. The summed E-state index contributed by atoms with van der Waals surface area (Å²) in [5.74, 6) is -0.369. The van der Waals surface area contributed by atoms with Crippen LogP contribution in [0.15, 0.2) is 59.5 Å². The van der Waals surface area contributed by atoms with E-state index in [0.29, 0.717) is 11.3 Å². The Hall–Kier alpha value is -2.80. The summed E-state index contributed by atoms with van der Waals surface area (Å²) in [6, 6.07) is 16.3. The molecule has 2 amide bonds. The van der Waals surface area contributed by atoms with Crippen LogP contribution in [0.5, 0.6) is 0 Å². The minimum absolute atomic E-state index is 0.189. The van der Waals surface area contributed by atoms with Crippen LogP contribution in [-0.4, -0.2) is 29.8 Å². The number of fused-ring (bicyclic) bond motifs is 1. The Kier molecular flexibility index (Phi) is 5.71. The van der Waals surface area contributed by atoms with Crippen LogP contribution < -0.4 is 10.2 Å². The zero-order valence-electron chi connectivity index (χ0n) is 16.9. The van der Waals surface area contributed by atoms with Gasteiger partial charge in [-0.25, -0.2) is 4.79 Å². The van der Waals surface area contributed by atoms with Crippen molar-refractivity contribution >= 4 is 34.6 Å². The maximum atomic E-state index is 13.3. The first-order valence-electron chi connectivity index (χ1n) is 9.27. The van der Waals surface area contributed by atoms with Gasteiger partial charge in [-0.1, -0.05) is 48.2 Å². The summed E-state index contributed by atoms with van der Waals surface area (Å²) in [6.45, 7) is 5.23. The smallest absolute Gasteiger partial charge is 0.408 e. The van der Waals surface area contributed by atoms with Crippen LogP contribution >= 0.6 is 11.8 Å². The third-order valence-corrected chi connectivity index (χ3v) is 5.37. The van der Waals surface area contributed by atoms with Crippen molar-refractivity contribution in [2.75, 3.05) is 11.9 Å². The molecule has 0 unspecified atom stereocenters. The number of benzene rings is 2. The van der Waals surface area contributed by atoms with E-state index in [1.165, 1.54) is 4.90 Å². The number of nitrogens with zero attached hydrogens (tertiary/aromatic N) is 1. The molecule has 0 saturated heterocycles. The summed E-state index contributed by atoms with van der Waals surface area (Å²) in [6.07, 6.45) is -0.931. The lowest BCUT2D eigenvalue weighted by Gasteiger charge is -2.30. The maximum Gasteiger partial charge on any atom is 0.408 e. The van der Waals surface area contributed by atoms with E-state index in [-0.39, 0.29) is 17.4 Å². The van der Waals surface area contributed by atoms with E-state index >= 15 is 0 Å². The molecule has 3 rings (SSSR count). The van der Waals surface area contributed by atoms with Gasteiger partial charge in [-0.3, -0.25) is 9.59 Å². The first-order chi connectivity index (χ1) is 13.6. The van der Waals surface area contributed by atoms with Crippen LogP contribution in [0.25, 0.3) is 0 Å². The molecule has 0 bridgehead atoms. The summed E-state index contributed by atoms with van der Waals surface area (Å²) >= 11 is 1.05. The first-order valence-corrected chi connectivity index (χ1v) is 10.1. The molecule has 0 aromatic heterocycles. The lowest BCUT2D eigenvalue weighted by atomic mass is 9.88. The second-order valence-electron chi connectivity index (χ2n) is 7.88. The van der Waals surface area contributed by atoms with Gasteiger partial charge >= 0.3 is 6.09 Å². The van der Waals surface area contributed by atoms with Gasteiger partial charge in [0.2, 0.25) is 0 Å². The number of alkyl carbamates (subject to hydrolysis) is 1. The number of rotatable bonds is 4. The summed E-state index contributed by atoms with van der Waals surface area (Å²) in [4.78, 5) is 41.0. The quantitative estimate of drug-likeness (QED) is 0.766. The molecule has 29 heavy (non-hydrogen) atoms. The van der Waals surface area contributed by atoms with Crippen LogP contribution in [0.4, 0.5) is 10.5 Å². The van der Waals surface area contributed by atoms with E-state index < -0.39 is 17.2 Å². The lowest BCUT2D eigenvalue weighted by molar-refractivity contribution is -0.127. The van der Waals surface area contributed by atoms with Crippen LogP contribution in [0, 0.1) is 0 Å². The highest BCUT2D eigenvalue weighted by molar-refractivity contribution is 8.13. The Bertz CT molecular complexity index is 939. The molecule has 6 nitrogen and oxygen atoms in total. The van der Waals surface area contributed by atoms with Gasteiger partial charge in [0.05, 0.1) is 6.42 Å². The number of hydrogen-bond acceptors (Lipinski definition) is 5. The Morgan fingerprint density at radius 2 is 1.69 bits per heavy atom. The number of hydrogen-bond donors (Lipinski definition) is 1. The Balaban J connectivity index is 1.95. The van der Waals surface area contributed by atoms with Gasteiger partial charge in [-0.2, -0.15) is 0 Å². The molecule has 0 aliphatic carbocycles. The Morgan fingerprint density at radius 3 is 2.34 bits per heavy atom. The molecule has 0 saturated carbocycles. The number of ether oxygens (including phenoxy) is 1. The average Bonchev–Trinajstić information content (AvgIpc) is 2.83. The summed E-state index contributed by atoms with van der Waals surface area (Å²) in [5, 5.41) is 2.48. The van der Waals surface area contributed by atoms with E-state index in [0.717, 1.165) is 16.7 Å². The van der Waals surface area contributed by atoms with Crippen molar-refractivity contribution in [3.05, 3.63) is 60.2 Å². The zero-order valence-corrected chi connectivity index (χ0v) is 17.7. The van der Waals surface area contributed by atoms with Crippen molar-refractivity contribution in [1.29, 1.82) is 0 Å². The molecule has 2 aromatic carbocycles. The fourth-order valence-corrected chi connectivity index (χ4v) is 4.17. The number of likely N-dealkylation sites (N-methyl/N-ethyl adjacent to an activating group) is 1. The van der Waals surface area contributed by atoms with Crippen molar-refractivity contribution in [3.63, 3.8) is 0 Å². The van der Waals surface area contributed by atoms with Gasteiger partial charge in [0.25, 0.3) is 5.91 Å². The molecule has 0 radical (unpaired) electrons. The predicted molar refractivity (Wildman–Crippen MR) is 113 cm³/mol. The molecule has 1 aliphatic rings. The number of para-hydroxylation sites is 1. The van der Waals surface area contributed by atoms with Crippen molar-refractivity contribution in [2.24, 2.45) is 0 Å². The normalized spacial score (nSPS) is 18.3. The van der Waals surface area contributed by atoms with Crippen LogP contribution in [0.2, 0.25) is 0 Å². The SMILES string of the molecule is CN1C(=O)[C@](CC(=O)Sc2ccccc2)(NC(=O)OC(C)(C)C)c2ccccc21. The third-order valence-electron chi connectivity index (χ3n) is 4.49. The fourth-order valence-electron chi connectivity index (χ4n) is 3.32. The second kappa shape index (κ2) is 7.91. The molecular weight excluding hydrogens is 388 g/mol. The number of carbonyl (C=O) groups excluding carboxylic acids is 3. The van der Waals surface area contributed by atoms with Gasteiger partial charge in [-0.15, -0.1) is 0 Å². The predicted octanol–water partition coefficient (Wildman–Crippen LogP) is 4.09. The molecule has 152 valence electrons. The van der Waals surface area contributed by atoms with Crippen molar-refractivity contribution in [1.82, 2.24) is 5.32 Å². The molecule has 1 aliphatic heterocycles. The minimum Gasteiger partial charge on any atom is -0.444 e. The van der Waals surface area contributed by atoms with Crippen molar-refractivity contribution in [2.45, 2.75) is 43.2 Å². The molecular formula is C22H24N2O4S. The fraction of sp³-hybridized carbons (Fsp3) is 0.318. The van der Waals surface area contributed by atoms with E-state index in [4.69, 9.17) is 4.74 Å². The third kappa shape index (κ3) is 4.45. The van der Waals surface area contributed by atoms with Crippen molar-refractivity contribution in [3.8, 4) is 0 Å². The Labute approximate surface area is 174 Å². The number of nitrogens with one attached hydrogen (secondary N) is 1. The van der Waals surface area contributed by atoms with Gasteiger partial charge in [0, 0.05) is 23.2 Å². The molecule has 2 aromatic rings. The molecule has 0 fully saturated rings. The van der Waals surface area contributed by atoms with E-state index in [2.05, 4.69) is 5.32 Å². The number of carbonyl (C=O) groups is 3. The summed E-state index contributed by atoms with van der Waals surface area (Å²) in [5.41, 5.74) is -1.00. The van der Waals surface area contributed by atoms with Gasteiger partial charge in [-0.05, 0) is 39.0 Å². The second-order valence-corrected chi connectivity index (χ2v) is 9.01. The monoisotopic (exact) mass is 412 g/mol. The van der Waals surface area contributed by atoms with Crippen LogP contribution in [0.3, 0.4) is 0 Å². The number of thioether (sulfide) groups is 1. The maximum absolute atomic E-state index is 13.3. The average molecular weight is 413 g/mol. The van der Waals surface area contributed by atoms with Gasteiger partial charge in [0.1, 0.15) is 5.60 Å². The highest BCUT2D eigenvalue weighted by Gasteiger charge is 2.52. The van der Waals surface area contributed by atoms with Gasteiger partial charge in [0.15, 0.2) is 10.7 Å². The minimum atomic E-state index is -1.51. The van der Waals surface area contributed by atoms with Crippen LogP contribution in [0.1, 0.15) is 32.8 Å². The molecule has 7 heteroatoms. The van der Waals surface area contributed by atoms with Crippen LogP contribution in [-0.2, 0) is 19.9 Å². The number of amides is 2.